The topological polar surface area (TPSA) is 72.7 Å². The molecule has 8 heteroatoms. The molecule has 3 rings (SSSR count). The molecule has 110 valence electrons. The molecular weight excluding hydrogens is 293 g/mol. The summed E-state index contributed by atoms with van der Waals surface area (Å²) >= 11 is 1.25. The number of halogens is 1. The van der Waals surface area contributed by atoms with Crippen molar-refractivity contribution >= 4 is 17.7 Å². The first-order valence-electron chi connectivity index (χ1n) is 6.58. The normalized spacial score (nSPS) is 15.7. The minimum absolute atomic E-state index is 0.0999. The van der Waals surface area contributed by atoms with Gasteiger partial charge < -0.3 is 5.32 Å². The van der Waals surface area contributed by atoms with Crippen molar-refractivity contribution in [3.8, 4) is 0 Å². The van der Waals surface area contributed by atoms with Crippen molar-refractivity contribution in [2.45, 2.75) is 29.3 Å². The maximum Gasteiger partial charge on any atom is 0.238 e. The maximum absolute atomic E-state index is 13.1. The average molecular weight is 307 g/mol. The standard InChI is InChI=1S/C13H14FN5OS/c1-19-13(16-17-18-19)21-11(12(20)15-10-6-7-10)8-2-4-9(14)5-3-8/h2-5,10-11H,6-7H2,1H3,(H,15,20)/t11-/m0/s1. The number of benzene rings is 1. The summed E-state index contributed by atoms with van der Waals surface area (Å²) in [6.45, 7) is 0. The summed E-state index contributed by atoms with van der Waals surface area (Å²) in [7, 11) is 1.71. The molecule has 1 heterocycles. The second-order valence-corrected chi connectivity index (χ2v) is 5.99. The summed E-state index contributed by atoms with van der Waals surface area (Å²) < 4.78 is 14.6. The number of rotatable bonds is 5. The maximum atomic E-state index is 13.1. The van der Waals surface area contributed by atoms with E-state index in [1.54, 1.807) is 19.2 Å². The van der Waals surface area contributed by atoms with Crippen LogP contribution < -0.4 is 5.32 Å². The SMILES string of the molecule is Cn1nnnc1S[C@H](C(=O)NC1CC1)c1ccc(F)cc1. The quantitative estimate of drug-likeness (QED) is 0.847. The number of amides is 1. The van der Waals surface area contributed by atoms with Crippen LogP contribution in [0.5, 0.6) is 0 Å². The second kappa shape index (κ2) is 5.80. The Hall–Kier alpha value is -1.96. The van der Waals surface area contributed by atoms with Crippen LogP contribution in [0, 0.1) is 5.82 Å². The van der Waals surface area contributed by atoms with E-state index in [-0.39, 0.29) is 17.8 Å². The molecule has 0 bridgehead atoms. The summed E-state index contributed by atoms with van der Waals surface area (Å²) in [4.78, 5) is 12.4. The third kappa shape index (κ3) is 3.38. The zero-order valence-electron chi connectivity index (χ0n) is 11.4. The van der Waals surface area contributed by atoms with Crippen LogP contribution in [0.1, 0.15) is 23.7 Å². The Morgan fingerprint density at radius 1 is 1.43 bits per heavy atom. The summed E-state index contributed by atoms with van der Waals surface area (Å²) in [6, 6.07) is 6.19. The molecule has 0 unspecified atom stereocenters. The van der Waals surface area contributed by atoms with Crippen LogP contribution in [0.25, 0.3) is 0 Å². The van der Waals surface area contributed by atoms with Crippen molar-refractivity contribution in [3.63, 3.8) is 0 Å². The van der Waals surface area contributed by atoms with Gasteiger partial charge >= 0.3 is 0 Å². The van der Waals surface area contributed by atoms with Gasteiger partial charge in [-0.25, -0.2) is 9.07 Å². The number of tetrazole rings is 1. The third-order valence-electron chi connectivity index (χ3n) is 3.14. The molecule has 2 aromatic rings. The summed E-state index contributed by atoms with van der Waals surface area (Å²) in [5, 5.41) is 14.2. The minimum Gasteiger partial charge on any atom is -0.352 e. The molecule has 1 N–H and O–H groups in total. The first kappa shape index (κ1) is 14.0. The smallest absolute Gasteiger partial charge is 0.238 e. The van der Waals surface area contributed by atoms with Crippen molar-refractivity contribution in [1.29, 1.82) is 0 Å². The van der Waals surface area contributed by atoms with Crippen LogP contribution in [-0.2, 0) is 11.8 Å². The van der Waals surface area contributed by atoms with Crippen LogP contribution in [0.15, 0.2) is 29.4 Å². The number of nitrogens with zero attached hydrogens (tertiary/aromatic N) is 4. The summed E-state index contributed by atoms with van der Waals surface area (Å²) in [5.41, 5.74) is 0.725. The molecule has 0 saturated heterocycles. The zero-order chi connectivity index (χ0) is 14.8. The fraction of sp³-hybridized carbons (Fsp3) is 0.385. The highest BCUT2D eigenvalue weighted by Gasteiger charge is 2.30. The molecule has 1 fully saturated rings. The van der Waals surface area contributed by atoms with Gasteiger partial charge in [-0.3, -0.25) is 4.79 Å². The Balaban J connectivity index is 1.84. The van der Waals surface area contributed by atoms with Gasteiger partial charge in [0.25, 0.3) is 0 Å². The molecule has 1 aromatic heterocycles. The molecule has 0 aliphatic heterocycles. The van der Waals surface area contributed by atoms with Gasteiger partial charge in [0.15, 0.2) is 0 Å². The third-order valence-corrected chi connectivity index (χ3v) is 4.42. The Morgan fingerprint density at radius 3 is 2.71 bits per heavy atom. The van der Waals surface area contributed by atoms with Crippen molar-refractivity contribution in [1.82, 2.24) is 25.5 Å². The van der Waals surface area contributed by atoms with Crippen LogP contribution in [-0.4, -0.2) is 32.2 Å². The number of carbonyl (C=O) groups is 1. The predicted molar refractivity (Wildman–Crippen MR) is 75.0 cm³/mol. The van der Waals surface area contributed by atoms with Gasteiger partial charge in [-0.2, -0.15) is 0 Å². The molecule has 1 aliphatic carbocycles. The minimum atomic E-state index is -0.504. The molecule has 0 spiro atoms. The van der Waals surface area contributed by atoms with Gasteiger partial charge in [-0.05, 0) is 41.0 Å². The largest absolute Gasteiger partial charge is 0.352 e. The van der Waals surface area contributed by atoms with Crippen molar-refractivity contribution in [2.24, 2.45) is 7.05 Å². The highest BCUT2D eigenvalue weighted by Crippen LogP contribution is 2.34. The van der Waals surface area contributed by atoms with Crippen LogP contribution in [0.3, 0.4) is 0 Å². The lowest BCUT2D eigenvalue weighted by Crippen LogP contribution is -2.30. The summed E-state index contributed by atoms with van der Waals surface area (Å²) in [6.07, 6.45) is 2.02. The number of hydrogen-bond donors (Lipinski definition) is 1. The van der Waals surface area contributed by atoms with E-state index in [1.165, 1.54) is 28.6 Å². The lowest BCUT2D eigenvalue weighted by atomic mass is 10.1. The van der Waals surface area contributed by atoms with E-state index >= 15 is 0 Å². The molecular formula is C13H14FN5OS. The van der Waals surface area contributed by atoms with E-state index in [0.29, 0.717) is 5.16 Å². The Bertz CT molecular complexity index is 640. The summed E-state index contributed by atoms with van der Waals surface area (Å²) in [5.74, 6) is -0.428. The molecule has 1 saturated carbocycles. The lowest BCUT2D eigenvalue weighted by molar-refractivity contribution is -0.120. The number of thioether (sulfide) groups is 1. The first-order chi connectivity index (χ1) is 10.1. The van der Waals surface area contributed by atoms with Crippen LogP contribution in [0.2, 0.25) is 0 Å². The van der Waals surface area contributed by atoms with Gasteiger partial charge in [-0.1, -0.05) is 23.9 Å². The molecule has 0 radical (unpaired) electrons. The predicted octanol–water partition coefficient (Wildman–Crippen LogP) is 1.46. The average Bonchev–Trinajstić information content (AvgIpc) is 3.18. The van der Waals surface area contributed by atoms with Gasteiger partial charge in [0.2, 0.25) is 11.1 Å². The highest BCUT2D eigenvalue weighted by molar-refractivity contribution is 8.00. The van der Waals surface area contributed by atoms with Crippen LogP contribution >= 0.6 is 11.8 Å². The Labute approximate surface area is 125 Å². The van der Waals surface area contributed by atoms with Crippen molar-refractivity contribution in [2.75, 3.05) is 0 Å². The number of hydrogen-bond acceptors (Lipinski definition) is 5. The number of aryl methyl sites for hydroxylation is 1. The van der Waals surface area contributed by atoms with E-state index < -0.39 is 5.25 Å². The molecule has 1 aliphatic rings. The van der Waals surface area contributed by atoms with E-state index in [2.05, 4.69) is 20.8 Å². The molecule has 1 amide bonds. The second-order valence-electron chi connectivity index (χ2n) is 4.92. The fourth-order valence-corrected chi connectivity index (χ4v) is 2.79. The van der Waals surface area contributed by atoms with Crippen LogP contribution in [0.4, 0.5) is 4.39 Å². The van der Waals surface area contributed by atoms with E-state index in [9.17, 15) is 9.18 Å². The number of carbonyl (C=O) groups excluding carboxylic acids is 1. The fourth-order valence-electron chi connectivity index (χ4n) is 1.84. The van der Waals surface area contributed by atoms with Gasteiger partial charge in [0.05, 0.1) is 0 Å². The van der Waals surface area contributed by atoms with Gasteiger partial charge in [0, 0.05) is 13.1 Å². The molecule has 21 heavy (non-hydrogen) atoms. The van der Waals surface area contributed by atoms with E-state index in [0.717, 1.165) is 18.4 Å². The molecule has 1 atom stereocenters. The zero-order valence-corrected chi connectivity index (χ0v) is 12.2. The van der Waals surface area contributed by atoms with Crippen molar-refractivity contribution in [3.05, 3.63) is 35.6 Å². The van der Waals surface area contributed by atoms with Gasteiger partial charge in [0.1, 0.15) is 11.1 Å². The first-order valence-corrected chi connectivity index (χ1v) is 7.46. The van der Waals surface area contributed by atoms with Crippen molar-refractivity contribution < 1.29 is 9.18 Å². The number of aromatic nitrogens is 4. The molecule has 1 aromatic carbocycles. The van der Waals surface area contributed by atoms with Gasteiger partial charge in [-0.15, -0.1) is 5.10 Å². The van der Waals surface area contributed by atoms with E-state index in [4.69, 9.17) is 0 Å². The lowest BCUT2D eigenvalue weighted by Gasteiger charge is -2.15. The number of nitrogens with one attached hydrogen (secondary N) is 1. The monoisotopic (exact) mass is 307 g/mol. The highest BCUT2D eigenvalue weighted by atomic mass is 32.2. The Morgan fingerprint density at radius 2 is 2.14 bits per heavy atom. The Kier molecular flexibility index (Phi) is 3.87. The van der Waals surface area contributed by atoms with E-state index in [1.807, 2.05) is 0 Å². The molecule has 6 nitrogen and oxygen atoms in total.